The molecular weight excluding hydrogens is 352 g/mol. The van der Waals surface area contributed by atoms with Gasteiger partial charge in [0, 0.05) is 17.5 Å². The predicted octanol–water partition coefficient (Wildman–Crippen LogP) is 3.17. The molecule has 0 spiro atoms. The molecule has 0 unspecified atom stereocenters. The minimum absolute atomic E-state index is 0.161. The van der Waals surface area contributed by atoms with Crippen molar-refractivity contribution in [2.24, 2.45) is 0 Å². The SMILES string of the molecule is COc1ccc([C@@H]2CC(=O)Oc3cc(OC)c(OC)c(OC)c32)cc1OC. The molecule has 0 amide bonds. The molecule has 0 N–H and O–H groups in total. The molecule has 7 nitrogen and oxygen atoms in total. The van der Waals surface area contributed by atoms with E-state index in [1.807, 2.05) is 12.1 Å². The first-order valence-corrected chi connectivity index (χ1v) is 8.33. The van der Waals surface area contributed by atoms with Crippen molar-refractivity contribution in [1.29, 1.82) is 0 Å². The average Bonchev–Trinajstić information content (AvgIpc) is 2.70. The Morgan fingerprint density at radius 2 is 1.48 bits per heavy atom. The smallest absolute Gasteiger partial charge is 0.312 e. The summed E-state index contributed by atoms with van der Waals surface area (Å²) < 4.78 is 32.6. The molecule has 1 aliphatic heterocycles. The Balaban J connectivity index is 2.22. The number of hydrogen-bond acceptors (Lipinski definition) is 7. The van der Waals surface area contributed by atoms with Gasteiger partial charge in [-0.1, -0.05) is 6.07 Å². The molecule has 0 bridgehead atoms. The van der Waals surface area contributed by atoms with Gasteiger partial charge in [-0.2, -0.15) is 0 Å². The van der Waals surface area contributed by atoms with Gasteiger partial charge in [-0.3, -0.25) is 4.79 Å². The molecule has 0 radical (unpaired) electrons. The Hall–Kier alpha value is -3.09. The van der Waals surface area contributed by atoms with E-state index in [2.05, 4.69) is 0 Å². The van der Waals surface area contributed by atoms with Crippen LogP contribution in [0.1, 0.15) is 23.5 Å². The molecule has 0 fully saturated rings. The van der Waals surface area contributed by atoms with Crippen LogP contribution in [0.5, 0.6) is 34.5 Å². The molecule has 27 heavy (non-hydrogen) atoms. The molecule has 0 saturated heterocycles. The third kappa shape index (κ3) is 3.20. The van der Waals surface area contributed by atoms with E-state index < -0.39 is 0 Å². The van der Waals surface area contributed by atoms with E-state index in [0.717, 1.165) is 11.1 Å². The second kappa shape index (κ2) is 7.65. The number of fused-ring (bicyclic) bond motifs is 1. The quantitative estimate of drug-likeness (QED) is 0.568. The second-order valence-electron chi connectivity index (χ2n) is 5.90. The number of rotatable bonds is 6. The molecule has 144 valence electrons. The van der Waals surface area contributed by atoms with Crippen molar-refractivity contribution in [2.75, 3.05) is 35.5 Å². The fourth-order valence-electron chi connectivity index (χ4n) is 3.36. The lowest BCUT2D eigenvalue weighted by molar-refractivity contribution is -0.135. The zero-order chi connectivity index (χ0) is 19.6. The lowest BCUT2D eigenvalue weighted by Gasteiger charge is -2.28. The molecule has 3 rings (SSSR count). The molecular formula is C20H22O7. The molecule has 0 aromatic heterocycles. The maximum absolute atomic E-state index is 12.2. The van der Waals surface area contributed by atoms with Gasteiger partial charge in [-0.15, -0.1) is 0 Å². The Morgan fingerprint density at radius 1 is 0.815 bits per heavy atom. The summed E-state index contributed by atoms with van der Waals surface area (Å²) in [5.74, 6) is 2.29. The Bertz CT molecular complexity index is 860. The van der Waals surface area contributed by atoms with Crippen LogP contribution in [0, 0.1) is 0 Å². The Labute approximate surface area is 157 Å². The first-order valence-electron chi connectivity index (χ1n) is 8.33. The highest BCUT2D eigenvalue weighted by molar-refractivity contribution is 5.80. The van der Waals surface area contributed by atoms with E-state index in [0.29, 0.717) is 34.5 Å². The van der Waals surface area contributed by atoms with Crippen molar-refractivity contribution in [3.05, 3.63) is 35.4 Å². The summed E-state index contributed by atoms with van der Waals surface area (Å²) in [5.41, 5.74) is 1.60. The predicted molar refractivity (Wildman–Crippen MR) is 97.7 cm³/mol. The number of hydrogen-bond donors (Lipinski definition) is 0. The van der Waals surface area contributed by atoms with Crippen LogP contribution in [0.25, 0.3) is 0 Å². The minimum atomic E-state index is -0.337. The molecule has 1 atom stereocenters. The Kier molecular flexibility index (Phi) is 5.30. The molecule has 7 heteroatoms. The van der Waals surface area contributed by atoms with Crippen molar-refractivity contribution in [3.63, 3.8) is 0 Å². The van der Waals surface area contributed by atoms with Crippen molar-refractivity contribution >= 4 is 5.97 Å². The maximum Gasteiger partial charge on any atom is 0.312 e. The van der Waals surface area contributed by atoms with Crippen LogP contribution in [0.3, 0.4) is 0 Å². The topological polar surface area (TPSA) is 72.5 Å². The van der Waals surface area contributed by atoms with Gasteiger partial charge in [0.2, 0.25) is 5.75 Å². The fourth-order valence-corrected chi connectivity index (χ4v) is 3.36. The van der Waals surface area contributed by atoms with E-state index in [9.17, 15) is 4.79 Å². The fraction of sp³-hybridized carbons (Fsp3) is 0.350. The number of carbonyl (C=O) groups is 1. The summed E-state index contributed by atoms with van der Waals surface area (Å²) in [6.45, 7) is 0. The van der Waals surface area contributed by atoms with E-state index in [1.54, 1.807) is 33.5 Å². The van der Waals surface area contributed by atoms with E-state index in [1.165, 1.54) is 14.2 Å². The van der Waals surface area contributed by atoms with Crippen LogP contribution in [-0.2, 0) is 4.79 Å². The van der Waals surface area contributed by atoms with Crippen LogP contribution < -0.4 is 28.4 Å². The number of benzene rings is 2. The van der Waals surface area contributed by atoms with Crippen molar-refractivity contribution < 1.29 is 33.2 Å². The van der Waals surface area contributed by atoms with Gasteiger partial charge in [-0.25, -0.2) is 0 Å². The maximum atomic E-state index is 12.2. The third-order valence-electron chi connectivity index (χ3n) is 4.58. The third-order valence-corrected chi connectivity index (χ3v) is 4.58. The summed E-state index contributed by atoms with van der Waals surface area (Å²) in [7, 11) is 7.73. The van der Waals surface area contributed by atoms with Crippen molar-refractivity contribution in [3.8, 4) is 34.5 Å². The van der Waals surface area contributed by atoms with Crippen molar-refractivity contribution in [2.45, 2.75) is 12.3 Å². The summed E-state index contributed by atoms with van der Waals surface area (Å²) in [6.07, 6.45) is 0.161. The number of esters is 1. The Morgan fingerprint density at radius 3 is 2.07 bits per heavy atom. The monoisotopic (exact) mass is 374 g/mol. The van der Waals surface area contributed by atoms with Gasteiger partial charge in [0.1, 0.15) is 5.75 Å². The summed E-state index contributed by atoms with van der Waals surface area (Å²) in [4.78, 5) is 12.2. The number of carbonyl (C=O) groups excluding carboxylic acids is 1. The van der Waals surface area contributed by atoms with Crippen LogP contribution in [0.15, 0.2) is 24.3 Å². The standard InChI is InChI=1S/C20H22O7/c1-22-13-7-6-11(8-14(13)23-2)12-9-17(21)27-15-10-16(24-3)19(25-4)20(26-5)18(12)15/h6-8,10,12H,9H2,1-5H3/t12-/m0/s1. The molecule has 2 aromatic carbocycles. The van der Waals surface area contributed by atoms with Gasteiger partial charge in [0.05, 0.1) is 42.0 Å². The van der Waals surface area contributed by atoms with Gasteiger partial charge < -0.3 is 28.4 Å². The largest absolute Gasteiger partial charge is 0.493 e. The van der Waals surface area contributed by atoms with Crippen molar-refractivity contribution in [1.82, 2.24) is 0 Å². The zero-order valence-electron chi connectivity index (χ0n) is 16.0. The minimum Gasteiger partial charge on any atom is -0.493 e. The van der Waals surface area contributed by atoms with Crippen LogP contribution in [0.2, 0.25) is 0 Å². The summed E-state index contributed by atoms with van der Waals surface area (Å²) >= 11 is 0. The zero-order valence-corrected chi connectivity index (χ0v) is 16.0. The van der Waals surface area contributed by atoms with E-state index in [-0.39, 0.29) is 18.3 Å². The molecule has 0 saturated carbocycles. The summed E-state index contributed by atoms with van der Waals surface area (Å²) in [5, 5.41) is 0. The number of ether oxygens (including phenoxy) is 6. The highest BCUT2D eigenvalue weighted by Crippen LogP contribution is 2.52. The van der Waals surface area contributed by atoms with Gasteiger partial charge >= 0.3 is 5.97 Å². The summed E-state index contributed by atoms with van der Waals surface area (Å²) in [6, 6.07) is 7.19. The van der Waals surface area contributed by atoms with Gasteiger partial charge in [0.25, 0.3) is 0 Å². The normalized spacial score (nSPS) is 15.4. The molecule has 0 aliphatic carbocycles. The highest BCUT2D eigenvalue weighted by atomic mass is 16.5. The van der Waals surface area contributed by atoms with Crippen LogP contribution in [-0.4, -0.2) is 41.5 Å². The molecule has 1 heterocycles. The lowest BCUT2D eigenvalue weighted by atomic mass is 9.85. The van der Waals surface area contributed by atoms with Gasteiger partial charge in [-0.05, 0) is 17.7 Å². The average molecular weight is 374 g/mol. The van der Waals surface area contributed by atoms with Crippen LogP contribution in [0.4, 0.5) is 0 Å². The number of methoxy groups -OCH3 is 5. The van der Waals surface area contributed by atoms with Gasteiger partial charge in [0.15, 0.2) is 23.0 Å². The lowest BCUT2D eigenvalue weighted by Crippen LogP contribution is -2.22. The first-order chi connectivity index (χ1) is 13.1. The van der Waals surface area contributed by atoms with Crippen LogP contribution >= 0.6 is 0 Å². The highest BCUT2D eigenvalue weighted by Gasteiger charge is 2.35. The van der Waals surface area contributed by atoms with E-state index >= 15 is 0 Å². The molecule has 1 aliphatic rings. The van der Waals surface area contributed by atoms with E-state index in [4.69, 9.17) is 28.4 Å². The first kappa shape index (κ1) is 18.7. The molecule has 2 aromatic rings. The second-order valence-corrected chi connectivity index (χ2v) is 5.90.